The van der Waals surface area contributed by atoms with Gasteiger partial charge < -0.3 is 0 Å². The quantitative estimate of drug-likeness (QED) is 0.586. The number of hydrogen-bond donors (Lipinski definition) is 0. The Morgan fingerprint density at radius 3 is 2.62 bits per heavy atom. The molecular formula is C8H6ClN5O2. The molecular weight excluding hydrogens is 234 g/mol. The first-order chi connectivity index (χ1) is 7.59. The van der Waals surface area contributed by atoms with Gasteiger partial charge in [-0.05, 0) is 6.92 Å². The lowest BCUT2D eigenvalue weighted by Crippen LogP contribution is -2.05. The SMILES string of the molecule is Cc1nc(-n2nccn2)c(Cl)cc1[N+](=O)[O-]. The van der Waals surface area contributed by atoms with E-state index in [-0.39, 0.29) is 22.2 Å². The molecule has 0 radical (unpaired) electrons. The van der Waals surface area contributed by atoms with Crippen molar-refractivity contribution in [2.75, 3.05) is 0 Å². The molecule has 0 amide bonds. The van der Waals surface area contributed by atoms with Gasteiger partial charge in [0.1, 0.15) is 5.69 Å². The maximum Gasteiger partial charge on any atom is 0.292 e. The van der Waals surface area contributed by atoms with E-state index in [1.807, 2.05) is 0 Å². The van der Waals surface area contributed by atoms with Crippen molar-refractivity contribution < 1.29 is 4.92 Å². The summed E-state index contributed by atoms with van der Waals surface area (Å²) < 4.78 is 0. The molecule has 8 heteroatoms. The fraction of sp³-hybridized carbons (Fsp3) is 0.125. The molecule has 16 heavy (non-hydrogen) atoms. The number of aryl methyl sites for hydroxylation is 1. The summed E-state index contributed by atoms with van der Waals surface area (Å²) in [4.78, 5) is 15.3. The highest BCUT2D eigenvalue weighted by molar-refractivity contribution is 6.32. The van der Waals surface area contributed by atoms with Gasteiger partial charge in [0, 0.05) is 6.07 Å². The zero-order chi connectivity index (χ0) is 11.7. The molecule has 0 fully saturated rings. The molecule has 0 saturated heterocycles. The monoisotopic (exact) mass is 239 g/mol. The Hall–Kier alpha value is -2.02. The maximum atomic E-state index is 10.6. The summed E-state index contributed by atoms with van der Waals surface area (Å²) in [6.45, 7) is 1.53. The number of halogens is 1. The molecule has 0 unspecified atom stereocenters. The van der Waals surface area contributed by atoms with Crippen molar-refractivity contribution >= 4 is 17.3 Å². The highest BCUT2D eigenvalue weighted by Gasteiger charge is 2.17. The number of pyridine rings is 1. The van der Waals surface area contributed by atoms with E-state index in [2.05, 4.69) is 15.2 Å². The molecule has 7 nitrogen and oxygen atoms in total. The third-order valence-corrected chi connectivity index (χ3v) is 2.20. The van der Waals surface area contributed by atoms with Crippen LogP contribution in [-0.2, 0) is 0 Å². The fourth-order valence-electron chi connectivity index (χ4n) is 1.21. The minimum Gasteiger partial charge on any atom is -0.258 e. The molecule has 2 heterocycles. The molecule has 0 atom stereocenters. The Morgan fingerprint density at radius 1 is 1.44 bits per heavy atom. The lowest BCUT2D eigenvalue weighted by molar-refractivity contribution is -0.385. The molecule has 0 aliphatic rings. The van der Waals surface area contributed by atoms with Crippen LogP contribution in [0.1, 0.15) is 5.69 Å². The molecule has 82 valence electrons. The summed E-state index contributed by atoms with van der Waals surface area (Å²) in [6.07, 6.45) is 2.93. The Labute approximate surface area is 94.8 Å². The number of nitrogens with zero attached hydrogens (tertiary/aromatic N) is 5. The summed E-state index contributed by atoms with van der Waals surface area (Å²) in [7, 11) is 0. The summed E-state index contributed by atoms with van der Waals surface area (Å²) in [5.74, 6) is 0.273. The van der Waals surface area contributed by atoms with Gasteiger partial charge in [-0.3, -0.25) is 10.1 Å². The highest BCUT2D eigenvalue weighted by Crippen LogP contribution is 2.25. The van der Waals surface area contributed by atoms with Crippen molar-refractivity contribution in [2.45, 2.75) is 6.92 Å². The molecule has 2 rings (SSSR count). The first-order valence-corrected chi connectivity index (χ1v) is 4.65. The largest absolute Gasteiger partial charge is 0.292 e. The normalized spacial score (nSPS) is 10.4. The van der Waals surface area contributed by atoms with Crippen LogP contribution in [0, 0.1) is 17.0 Å². The number of nitro groups is 1. The first-order valence-electron chi connectivity index (χ1n) is 4.28. The van der Waals surface area contributed by atoms with E-state index < -0.39 is 4.92 Å². The number of rotatable bonds is 2. The molecule has 0 aliphatic heterocycles. The first kappa shape index (κ1) is 10.5. The van der Waals surface area contributed by atoms with Gasteiger partial charge in [-0.2, -0.15) is 10.2 Å². The van der Waals surface area contributed by atoms with Gasteiger partial charge in [-0.1, -0.05) is 11.6 Å². The van der Waals surface area contributed by atoms with Crippen LogP contribution in [0.2, 0.25) is 5.02 Å². The molecule has 2 aromatic heterocycles. The lowest BCUT2D eigenvalue weighted by Gasteiger charge is -2.03. The molecule has 0 aliphatic carbocycles. The van der Waals surface area contributed by atoms with Crippen molar-refractivity contribution in [1.29, 1.82) is 0 Å². The van der Waals surface area contributed by atoms with Crippen LogP contribution in [0.4, 0.5) is 5.69 Å². The Bertz CT molecular complexity index is 540. The molecule has 0 aromatic carbocycles. The number of hydrogen-bond acceptors (Lipinski definition) is 5. The van der Waals surface area contributed by atoms with Crippen LogP contribution in [0.3, 0.4) is 0 Å². The summed E-state index contributed by atoms with van der Waals surface area (Å²) >= 11 is 5.87. The second kappa shape index (κ2) is 3.86. The molecule has 2 aromatic rings. The third-order valence-electron chi connectivity index (χ3n) is 1.93. The molecule has 0 saturated carbocycles. The van der Waals surface area contributed by atoms with E-state index in [1.54, 1.807) is 0 Å². The standard InChI is InChI=1S/C8H6ClN5O2/c1-5-7(14(15)16)4-6(9)8(12-5)13-10-2-3-11-13/h2-4H,1H3. The summed E-state index contributed by atoms with van der Waals surface area (Å²) in [5, 5.41) is 18.5. The predicted molar refractivity (Wildman–Crippen MR) is 55.6 cm³/mol. The summed E-state index contributed by atoms with van der Waals surface area (Å²) in [5.41, 5.74) is 0.141. The van der Waals surface area contributed by atoms with Gasteiger partial charge in [0.25, 0.3) is 5.69 Å². The second-order valence-corrected chi connectivity index (χ2v) is 3.38. The van der Waals surface area contributed by atoms with E-state index >= 15 is 0 Å². The van der Waals surface area contributed by atoms with Crippen LogP contribution in [-0.4, -0.2) is 24.9 Å². The van der Waals surface area contributed by atoms with Gasteiger partial charge in [-0.15, -0.1) is 4.80 Å². The van der Waals surface area contributed by atoms with Gasteiger partial charge in [0.15, 0.2) is 5.82 Å². The second-order valence-electron chi connectivity index (χ2n) is 2.97. The lowest BCUT2D eigenvalue weighted by atomic mass is 10.3. The molecule has 0 N–H and O–H groups in total. The topological polar surface area (TPSA) is 86.7 Å². The fourth-order valence-corrected chi connectivity index (χ4v) is 1.43. The maximum absolute atomic E-state index is 10.6. The van der Waals surface area contributed by atoms with Crippen LogP contribution in [0.25, 0.3) is 5.82 Å². The molecule has 0 bridgehead atoms. The zero-order valence-electron chi connectivity index (χ0n) is 8.16. The van der Waals surface area contributed by atoms with Crippen LogP contribution in [0.5, 0.6) is 0 Å². The Balaban J connectivity index is 2.59. The van der Waals surface area contributed by atoms with Crippen molar-refractivity contribution in [3.63, 3.8) is 0 Å². The van der Waals surface area contributed by atoms with Crippen molar-refractivity contribution in [3.8, 4) is 5.82 Å². The minimum absolute atomic E-state index is 0.124. The van der Waals surface area contributed by atoms with E-state index in [9.17, 15) is 10.1 Å². The van der Waals surface area contributed by atoms with Gasteiger partial charge in [0.05, 0.1) is 22.3 Å². The average Bonchev–Trinajstić information content (AvgIpc) is 2.73. The Morgan fingerprint density at radius 2 is 2.06 bits per heavy atom. The third kappa shape index (κ3) is 1.72. The minimum atomic E-state index is -0.533. The van der Waals surface area contributed by atoms with Crippen molar-refractivity contribution in [1.82, 2.24) is 20.0 Å². The summed E-state index contributed by atoms with van der Waals surface area (Å²) in [6, 6.07) is 1.24. The van der Waals surface area contributed by atoms with E-state index in [4.69, 9.17) is 11.6 Å². The Kier molecular flexibility index (Phi) is 2.53. The van der Waals surface area contributed by atoms with Gasteiger partial charge in [-0.25, -0.2) is 4.98 Å². The molecule has 0 spiro atoms. The van der Waals surface area contributed by atoms with Crippen LogP contribution >= 0.6 is 11.6 Å². The predicted octanol–water partition coefficient (Wildman–Crippen LogP) is 1.53. The van der Waals surface area contributed by atoms with E-state index in [0.29, 0.717) is 0 Å². The average molecular weight is 240 g/mol. The van der Waals surface area contributed by atoms with E-state index in [1.165, 1.54) is 30.2 Å². The van der Waals surface area contributed by atoms with E-state index in [0.717, 1.165) is 0 Å². The van der Waals surface area contributed by atoms with Gasteiger partial charge in [0.2, 0.25) is 0 Å². The highest BCUT2D eigenvalue weighted by atomic mass is 35.5. The zero-order valence-corrected chi connectivity index (χ0v) is 8.92. The van der Waals surface area contributed by atoms with Crippen molar-refractivity contribution in [2.24, 2.45) is 0 Å². The van der Waals surface area contributed by atoms with Crippen LogP contribution in [0.15, 0.2) is 18.5 Å². The smallest absolute Gasteiger partial charge is 0.258 e. The number of aromatic nitrogens is 4. The van der Waals surface area contributed by atoms with Crippen molar-refractivity contribution in [3.05, 3.63) is 39.3 Å². The van der Waals surface area contributed by atoms with Gasteiger partial charge >= 0.3 is 0 Å². The van der Waals surface area contributed by atoms with Crippen LogP contribution < -0.4 is 0 Å².